The van der Waals surface area contributed by atoms with Gasteiger partial charge >= 0.3 is 0 Å². The van der Waals surface area contributed by atoms with E-state index in [4.69, 9.17) is 27.9 Å². The highest BCUT2D eigenvalue weighted by Crippen LogP contribution is 2.30. The Bertz CT molecular complexity index is 617. The van der Waals surface area contributed by atoms with Crippen LogP contribution >= 0.6 is 23.2 Å². The highest BCUT2D eigenvalue weighted by molar-refractivity contribution is 6.31. The van der Waals surface area contributed by atoms with Crippen LogP contribution in [0.4, 0.5) is 4.39 Å². The van der Waals surface area contributed by atoms with Gasteiger partial charge in [0, 0.05) is 17.0 Å². The van der Waals surface area contributed by atoms with Crippen LogP contribution in [0.3, 0.4) is 0 Å². The maximum absolute atomic E-state index is 13.1. The van der Waals surface area contributed by atoms with Crippen molar-refractivity contribution in [2.75, 3.05) is 7.11 Å². The summed E-state index contributed by atoms with van der Waals surface area (Å²) < 4.78 is 18.3. The summed E-state index contributed by atoms with van der Waals surface area (Å²) in [5.41, 5.74) is 1.36. The summed E-state index contributed by atoms with van der Waals surface area (Å²) in [4.78, 5) is 0. The third kappa shape index (κ3) is 3.42. The van der Waals surface area contributed by atoms with Crippen molar-refractivity contribution in [3.63, 3.8) is 0 Å². The Hall–Kier alpha value is -1.29. The van der Waals surface area contributed by atoms with Crippen molar-refractivity contribution in [1.82, 2.24) is 0 Å². The Balaban J connectivity index is 2.23. The number of hydrogen-bond donors (Lipinski definition) is 1. The average molecular weight is 315 g/mol. The summed E-state index contributed by atoms with van der Waals surface area (Å²) in [6.45, 7) is 0. The van der Waals surface area contributed by atoms with E-state index in [1.165, 1.54) is 19.2 Å². The van der Waals surface area contributed by atoms with E-state index in [0.717, 1.165) is 5.56 Å². The van der Waals surface area contributed by atoms with E-state index in [1.54, 1.807) is 24.3 Å². The van der Waals surface area contributed by atoms with E-state index in [1.807, 2.05) is 0 Å². The second kappa shape index (κ2) is 6.44. The van der Waals surface area contributed by atoms with Crippen LogP contribution in [-0.2, 0) is 6.42 Å². The number of hydrogen-bond acceptors (Lipinski definition) is 2. The van der Waals surface area contributed by atoms with Gasteiger partial charge in [-0.1, -0.05) is 35.3 Å². The fraction of sp³-hybridized carbons (Fsp3) is 0.200. The van der Waals surface area contributed by atoms with Crippen molar-refractivity contribution >= 4 is 23.2 Å². The lowest BCUT2D eigenvalue weighted by molar-refractivity contribution is 0.174. The topological polar surface area (TPSA) is 29.5 Å². The Morgan fingerprint density at radius 3 is 2.60 bits per heavy atom. The molecule has 0 fully saturated rings. The quantitative estimate of drug-likeness (QED) is 0.905. The molecule has 0 amide bonds. The van der Waals surface area contributed by atoms with Gasteiger partial charge in [0.2, 0.25) is 0 Å². The number of ether oxygens (including phenoxy) is 1. The summed E-state index contributed by atoms with van der Waals surface area (Å²) in [6, 6.07) is 9.40. The summed E-state index contributed by atoms with van der Waals surface area (Å²) >= 11 is 11.6. The van der Waals surface area contributed by atoms with Gasteiger partial charge in [0.05, 0.1) is 18.2 Å². The van der Waals surface area contributed by atoms with Gasteiger partial charge in [0.15, 0.2) is 0 Å². The van der Waals surface area contributed by atoms with Crippen LogP contribution in [0.2, 0.25) is 10.0 Å². The van der Waals surface area contributed by atoms with Crippen LogP contribution in [0.5, 0.6) is 5.75 Å². The molecule has 0 radical (unpaired) electrons. The fourth-order valence-corrected chi connectivity index (χ4v) is 2.33. The molecule has 0 aliphatic heterocycles. The van der Waals surface area contributed by atoms with Crippen molar-refractivity contribution in [3.8, 4) is 5.75 Å². The molecule has 106 valence electrons. The lowest BCUT2D eigenvalue weighted by atomic mass is 10.0. The maximum Gasteiger partial charge on any atom is 0.141 e. The molecule has 0 aromatic heterocycles. The molecule has 5 heteroatoms. The lowest BCUT2D eigenvalue weighted by Crippen LogP contribution is -2.04. The first-order valence-corrected chi connectivity index (χ1v) is 6.72. The smallest absolute Gasteiger partial charge is 0.141 e. The van der Waals surface area contributed by atoms with Crippen molar-refractivity contribution in [3.05, 3.63) is 63.4 Å². The zero-order chi connectivity index (χ0) is 14.7. The molecule has 1 N–H and O–H groups in total. The zero-order valence-corrected chi connectivity index (χ0v) is 12.2. The van der Waals surface area contributed by atoms with E-state index in [9.17, 15) is 9.50 Å². The number of aliphatic hydroxyl groups excluding tert-OH is 1. The molecular weight excluding hydrogens is 302 g/mol. The van der Waals surface area contributed by atoms with Gasteiger partial charge in [0.1, 0.15) is 11.6 Å². The molecule has 1 unspecified atom stereocenters. The van der Waals surface area contributed by atoms with E-state index in [2.05, 4.69) is 0 Å². The number of benzene rings is 2. The largest absolute Gasteiger partial charge is 0.496 e. The number of halogens is 3. The highest BCUT2D eigenvalue weighted by atomic mass is 35.5. The molecule has 2 aromatic rings. The predicted octanol–water partition coefficient (Wildman–Crippen LogP) is 4.42. The van der Waals surface area contributed by atoms with Gasteiger partial charge in [-0.25, -0.2) is 4.39 Å². The fourth-order valence-electron chi connectivity index (χ4n) is 1.96. The van der Waals surface area contributed by atoms with Gasteiger partial charge in [-0.3, -0.25) is 0 Å². The minimum absolute atomic E-state index is 0.0396. The third-order valence-corrected chi connectivity index (χ3v) is 3.49. The molecule has 20 heavy (non-hydrogen) atoms. The standard InChI is InChI=1S/C15H13Cl2FO2/c1-20-15-8-10(16)3-4-11(15)14(19)7-9-2-5-13(18)12(17)6-9/h2-6,8,14,19H,7H2,1H3. The molecule has 2 nitrogen and oxygen atoms in total. The van der Waals surface area contributed by atoms with Crippen molar-refractivity contribution in [1.29, 1.82) is 0 Å². The van der Waals surface area contributed by atoms with Crippen LogP contribution in [0.15, 0.2) is 36.4 Å². The van der Waals surface area contributed by atoms with Gasteiger partial charge in [-0.2, -0.15) is 0 Å². The van der Waals surface area contributed by atoms with Crippen LogP contribution in [-0.4, -0.2) is 12.2 Å². The van der Waals surface area contributed by atoms with Crippen LogP contribution in [0.1, 0.15) is 17.2 Å². The number of aliphatic hydroxyl groups is 1. The predicted molar refractivity (Wildman–Crippen MR) is 78.1 cm³/mol. The zero-order valence-electron chi connectivity index (χ0n) is 10.7. The molecule has 0 heterocycles. The molecule has 2 rings (SSSR count). The Labute approximate surface area is 126 Å². The first-order valence-electron chi connectivity index (χ1n) is 5.96. The first-order chi connectivity index (χ1) is 9.51. The van der Waals surface area contributed by atoms with Gasteiger partial charge in [-0.15, -0.1) is 0 Å². The molecule has 0 aliphatic carbocycles. The minimum atomic E-state index is -0.788. The molecular formula is C15H13Cl2FO2. The first kappa shape index (κ1) is 15.1. The minimum Gasteiger partial charge on any atom is -0.496 e. The highest BCUT2D eigenvalue weighted by Gasteiger charge is 2.15. The third-order valence-electron chi connectivity index (χ3n) is 2.97. The second-order valence-electron chi connectivity index (χ2n) is 4.35. The van der Waals surface area contributed by atoms with E-state index in [0.29, 0.717) is 22.8 Å². The summed E-state index contributed by atoms with van der Waals surface area (Å²) in [5.74, 6) is 0.0344. The number of methoxy groups -OCH3 is 1. The van der Waals surface area contributed by atoms with Crippen molar-refractivity contribution < 1.29 is 14.2 Å². The van der Waals surface area contributed by atoms with Crippen LogP contribution in [0.25, 0.3) is 0 Å². The molecule has 0 spiro atoms. The van der Waals surface area contributed by atoms with Crippen LogP contribution in [0, 0.1) is 5.82 Å². The maximum atomic E-state index is 13.1. The van der Waals surface area contributed by atoms with Gasteiger partial charge in [-0.05, 0) is 29.8 Å². The van der Waals surface area contributed by atoms with E-state index < -0.39 is 11.9 Å². The van der Waals surface area contributed by atoms with Crippen molar-refractivity contribution in [2.45, 2.75) is 12.5 Å². The molecule has 0 bridgehead atoms. The van der Waals surface area contributed by atoms with E-state index >= 15 is 0 Å². The normalized spacial score (nSPS) is 12.2. The molecule has 2 aromatic carbocycles. The summed E-state index contributed by atoms with van der Waals surface area (Å²) in [5, 5.41) is 10.8. The van der Waals surface area contributed by atoms with E-state index in [-0.39, 0.29) is 5.02 Å². The van der Waals surface area contributed by atoms with Crippen molar-refractivity contribution in [2.24, 2.45) is 0 Å². The number of rotatable bonds is 4. The SMILES string of the molecule is COc1cc(Cl)ccc1C(O)Cc1ccc(F)c(Cl)c1. The summed E-state index contributed by atoms with van der Waals surface area (Å²) in [6.07, 6.45) is -0.485. The van der Waals surface area contributed by atoms with Gasteiger partial charge in [0.25, 0.3) is 0 Å². The monoisotopic (exact) mass is 314 g/mol. The van der Waals surface area contributed by atoms with Gasteiger partial charge < -0.3 is 9.84 Å². The Morgan fingerprint density at radius 2 is 1.95 bits per heavy atom. The average Bonchev–Trinajstić information content (AvgIpc) is 2.42. The second-order valence-corrected chi connectivity index (χ2v) is 5.20. The Kier molecular flexibility index (Phi) is 4.86. The lowest BCUT2D eigenvalue weighted by Gasteiger charge is -2.15. The molecule has 0 saturated heterocycles. The van der Waals surface area contributed by atoms with Crippen LogP contribution < -0.4 is 4.74 Å². The molecule has 0 saturated carbocycles. The molecule has 0 aliphatic rings. The summed E-state index contributed by atoms with van der Waals surface area (Å²) in [7, 11) is 1.51. The Morgan fingerprint density at radius 1 is 1.20 bits per heavy atom. The molecule has 1 atom stereocenters.